The van der Waals surface area contributed by atoms with E-state index in [-0.39, 0.29) is 0 Å². The average Bonchev–Trinajstić information content (AvgIpc) is 3.06. The summed E-state index contributed by atoms with van der Waals surface area (Å²) in [6.07, 6.45) is 3.95. The summed E-state index contributed by atoms with van der Waals surface area (Å²) in [5.41, 5.74) is 3.15. The first-order valence-electron chi connectivity index (χ1n) is 8.53. The number of nitrogens with zero attached hydrogens (tertiary/aromatic N) is 4. The number of hydrogen-bond donors (Lipinski definition) is 0. The SMILES string of the molecule is COc1ccc(N2CCN(c3cn4cc(Cl)cc(C)c4n3)CC2)cc1Cl. The summed E-state index contributed by atoms with van der Waals surface area (Å²) < 4.78 is 7.23. The van der Waals surface area contributed by atoms with Crippen molar-refractivity contribution in [1.82, 2.24) is 9.38 Å². The molecule has 3 aromatic rings. The van der Waals surface area contributed by atoms with Crippen LogP contribution in [0.4, 0.5) is 11.5 Å². The Morgan fingerprint density at radius 3 is 2.42 bits per heavy atom. The number of rotatable bonds is 3. The van der Waals surface area contributed by atoms with Gasteiger partial charge in [-0.15, -0.1) is 0 Å². The fourth-order valence-corrected chi connectivity index (χ4v) is 3.93. The number of imidazole rings is 1. The Morgan fingerprint density at radius 2 is 1.73 bits per heavy atom. The second-order valence-corrected chi connectivity index (χ2v) is 7.31. The Balaban J connectivity index is 1.50. The highest BCUT2D eigenvalue weighted by atomic mass is 35.5. The Kier molecular flexibility index (Phi) is 4.59. The Hall–Kier alpha value is -2.11. The van der Waals surface area contributed by atoms with E-state index in [1.807, 2.05) is 41.9 Å². The second kappa shape index (κ2) is 6.89. The first kappa shape index (κ1) is 17.3. The summed E-state index contributed by atoms with van der Waals surface area (Å²) in [5, 5.41) is 1.36. The van der Waals surface area contributed by atoms with Crippen LogP contribution in [-0.4, -0.2) is 42.7 Å². The lowest BCUT2D eigenvalue weighted by Crippen LogP contribution is -2.46. The molecule has 4 rings (SSSR count). The molecule has 0 unspecified atom stereocenters. The zero-order chi connectivity index (χ0) is 18.3. The van der Waals surface area contributed by atoms with Gasteiger partial charge in [0.15, 0.2) is 0 Å². The lowest BCUT2D eigenvalue weighted by atomic mass is 10.2. The Morgan fingerprint density at radius 1 is 1.00 bits per heavy atom. The molecule has 0 aliphatic carbocycles. The molecule has 0 radical (unpaired) electrons. The molecule has 2 aromatic heterocycles. The van der Waals surface area contributed by atoms with Crippen LogP contribution in [0.2, 0.25) is 10.0 Å². The topological polar surface area (TPSA) is 33.0 Å². The number of piperazine rings is 1. The quantitative estimate of drug-likeness (QED) is 0.667. The molecule has 1 aliphatic rings. The van der Waals surface area contributed by atoms with Crippen molar-refractivity contribution in [2.45, 2.75) is 6.92 Å². The van der Waals surface area contributed by atoms with E-state index in [0.717, 1.165) is 53.9 Å². The molecular weight excluding hydrogens is 371 g/mol. The number of pyridine rings is 1. The van der Waals surface area contributed by atoms with Gasteiger partial charge in [0.05, 0.1) is 23.4 Å². The lowest BCUT2D eigenvalue weighted by Gasteiger charge is -2.36. The Labute approximate surface area is 162 Å². The molecule has 0 saturated carbocycles. The number of ether oxygens (including phenoxy) is 1. The van der Waals surface area contributed by atoms with Crippen LogP contribution in [0.1, 0.15) is 5.56 Å². The van der Waals surface area contributed by atoms with E-state index in [1.54, 1.807) is 7.11 Å². The average molecular weight is 391 g/mol. The summed E-state index contributed by atoms with van der Waals surface area (Å²) in [4.78, 5) is 9.43. The number of benzene rings is 1. The van der Waals surface area contributed by atoms with Crippen LogP contribution in [-0.2, 0) is 0 Å². The Bertz CT molecular complexity index is 948. The third kappa shape index (κ3) is 3.17. The van der Waals surface area contributed by atoms with Gasteiger partial charge in [-0.05, 0) is 36.8 Å². The van der Waals surface area contributed by atoms with Gasteiger partial charge in [0.2, 0.25) is 0 Å². The van der Waals surface area contributed by atoms with Gasteiger partial charge in [-0.2, -0.15) is 0 Å². The maximum Gasteiger partial charge on any atom is 0.148 e. The van der Waals surface area contributed by atoms with Crippen molar-refractivity contribution >= 4 is 40.4 Å². The molecule has 0 amide bonds. The molecule has 7 heteroatoms. The molecule has 0 spiro atoms. The number of hydrogen-bond acceptors (Lipinski definition) is 4. The number of methoxy groups -OCH3 is 1. The standard InChI is InChI=1S/C19H20Cl2N4O/c1-13-9-14(20)11-25-12-18(22-19(13)25)24-7-5-23(6-8-24)15-3-4-17(26-2)16(21)10-15/h3-4,9-12H,5-8H2,1-2H3. The van der Waals surface area contributed by atoms with Gasteiger partial charge in [0, 0.05) is 38.1 Å². The van der Waals surface area contributed by atoms with E-state index in [0.29, 0.717) is 10.8 Å². The predicted octanol–water partition coefficient (Wildman–Crippen LogP) is 4.28. The largest absolute Gasteiger partial charge is 0.495 e. The van der Waals surface area contributed by atoms with Gasteiger partial charge in [0.25, 0.3) is 0 Å². The van der Waals surface area contributed by atoms with Gasteiger partial charge in [0.1, 0.15) is 17.2 Å². The minimum Gasteiger partial charge on any atom is -0.495 e. The molecule has 136 valence electrons. The van der Waals surface area contributed by atoms with Gasteiger partial charge in [-0.3, -0.25) is 0 Å². The van der Waals surface area contributed by atoms with Crippen LogP contribution >= 0.6 is 23.2 Å². The highest BCUT2D eigenvalue weighted by Crippen LogP contribution is 2.30. The van der Waals surface area contributed by atoms with Crippen LogP contribution in [0.3, 0.4) is 0 Å². The summed E-state index contributed by atoms with van der Waals surface area (Å²) in [6, 6.07) is 7.88. The number of halogens is 2. The number of aryl methyl sites for hydroxylation is 1. The molecule has 1 saturated heterocycles. The first-order chi connectivity index (χ1) is 12.5. The molecule has 0 N–H and O–H groups in total. The smallest absolute Gasteiger partial charge is 0.148 e. The maximum absolute atomic E-state index is 6.26. The van der Waals surface area contributed by atoms with Crippen LogP contribution < -0.4 is 14.5 Å². The number of anilines is 2. The van der Waals surface area contributed by atoms with Crippen molar-refractivity contribution in [2.24, 2.45) is 0 Å². The third-order valence-electron chi connectivity index (χ3n) is 4.79. The van der Waals surface area contributed by atoms with Crippen LogP contribution in [0.15, 0.2) is 36.7 Å². The zero-order valence-corrected chi connectivity index (χ0v) is 16.3. The number of fused-ring (bicyclic) bond motifs is 1. The van der Waals surface area contributed by atoms with E-state index in [1.165, 1.54) is 0 Å². The highest BCUT2D eigenvalue weighted by Gasteiger charge is 2.20. The van der Waals surface area contributed by atoms with Crippen LogP contribution in [0, 0.1) is 6.92 Å². The maximum atomic E-state index is 6.26. The lowest BCUT2D eigenvalue weighted by molar-refractivity contribution is 0.415. The molecule has 26 heavy (non-hydrogen) atoms. The third-order valence-corrected chi connectivity index (χ3v) is 5.30. The van der Waals surface area contributed by atoms with Crippen molar-refractivity contribution in [3.63, 3.8) is 0 Å². The van der Waals surface area contributed by atoms with Crippen molar-refractivity contribution < 1.29 is 4.74 Å². The summed E-state index contributed by atoms with van der Waals surface area (Å²) >= 11 is 12.4. The van der Waals surface area contributed by atoms with E-state index in [9.17, 15) is 0 Å². The minimum absolute atomic E-state index is 0.639. The minimum atomic E-state index is 0.639. The summed E-state index contributed by atoms with van der Waals surface area (Å²) in [7, 11) is 1.63. The molecule has 1 aromatic carbocycles. The van der Waals surface area contributed by atoms with Crippen molar-refractivity contribution in [1.29, 1.82) is 0 Å². The first-order valence-corrected chi connectivity index (χ1v) is 9.29. The van der Waals surface area contributed by atoms with Gasteiger partial charge in [-0.1, -0.05) is 23.2 Å². The van der Waals surface area contributed by atoms with E-state index >= 15 is 0 Å². The normalized spacial score (nSPS) is 14.9. The van der Waals surface area contributed by atoms with E-state index in [2.05, 4.69) is 15.9 Å². The highest BCUT2D eigenvalue weighted by molar-refractivity contribution is 6.32. The van der Waals surface area contributed by atoms with Crippen LogP contribution in [0.5, 0.6) is 5.75 Å². The van der Waals surface area contributed by atoms with Gasteiger partial charge >= 0.3 is 0 Å². The van der Waals surface area contributed by atoms with Crippen LogP contribution in [0.25, 0.3) is 5.65 Å². The molecular formula is C19H20Cl2N4O. The molecule has 0 atom stereocenters. The number of aromatic nitrogens is 2. The van der Waals surface area contributed by atoms with Gasteiger partial charge < -0.3 is 18.9 Å². The molecule has 1 fully saturated rings. The fourth-order valence-electron chi connectivity index (χ4n) is 3.41. The molecule has 3 heterocycles. The van der Waals surface area contributed by atoms with Crippen molar-refractivity contribution in [3.05, 3.63) is 52.3 Å². The van der Waals surface area contributed by atoms with E-state index < -0.39 is 0 Å². The zero-order valence-electron chi connectivity index (χ0n) is 14.7. The monoisotopic (exact) mass is 390 g/mol. The van der Waals surface area contributed by atoms with Gasteiger partial charge in [-0.25, -0.2) is 4.98 Å². The fraction of sp³-hybridized carbons (Fsp3) is 0.316. The summed E-state index contributed by atoms with van der Waals surface area (Å²) in [5.74, 6) is 1.69. The van der Waals surface area contributed by atoms with Crippen molar-refractivity contribution in [3.8, 4) is 5.75 Å². The second-order valence-electron chi connectivity index (χ2n) is 6.46. The van der Waals surface area contributed by atoms with Crippen molar-refractivity contribution in [2.75, 3.05) is 43.1 Å². The molecule has 0 bridgehead atoms. The molecule has 1 aliphatic heterocycles. The van der Waals surface area contributed by atoms with E-state index in [4.69, 9.17) is 32.9 Å². The predicted molar refractivity (Wildman–Crippen MR) is 107 cm³/mol. The summed E-state index contributed by atoms with van der Waals surface area (Å²) in [6.45, 7) is 5.66. The molecule has 5 nitrogen and oxygen atoms in total.